The number of carbonyl (C=O) groups excluding carboxylic acids is 1. The summed E-state index contributed by atoms with van der Waals surface area (Å²) in [4.78, 5) is 19.3. The van der Waals surface area contributed by atoms with Gasteiger partial charge in [0.15, 0.2) is 0 Å². The molecule has 3 heterocycles. The van der Waals surface area contributed by atoms with Crippen LogP contribution in [0.3, 0.4) is 0 Å². The number of amides is 1. The quantitative estimate of drug-likeness (QED) is 0.707. The van der Waals surface area contributed by atoms with E-state index in [-0.39, 0.29) is 11.4 Å². The third kappa shape index (κ3) is 2.30. The van der Waals surface area contributed by atoms with Crippen molar-refractivity contribution in [1.82, 2.24) is 14.7 Å². The Morgan fingerprint density at radius 3 is 2.62 bits per heavy atom. The molecule has 0 aromatic rings. The summed E-state index contributed by atoms with van der Waals surface area (Å²) in [5.41, 5.74) is 0.209. The number of likely N-dealkylation sites (tertiary alicyclic amines) is 1. The summed E-state index contributed by atoms with van der Waals surface area (Å²) in [6.45, 7) is 8.45. The standard InChI is InChI=1S/C16H27N3O2/c1-13(20)17-8-15-9-21-7-6-19(15)16(10-17)11-18(12-16)14-4-2-3-5-14/h14-15H,2-12H2,1H3/t15-/m1/s1. The van der Waals surface area contributed by atoms with E-state index in [0.717, 1.165) is 52.0 Å². The van der Waals surface area contributed by atoms with E-state index in [2.05, 4.69) is 14.7 Å². The average Bonchev–Trinajstić information content (AvgIpc) is 2.97. The molecule has 0 unspecified atom stereocenters. The number of fused-ring (bicyclic) bond motifs is 2. The molecule has 21 heavy (non-hydrogen) atoms. The molecule has 118 valence electrons. The molecule has 0 radical (unpaired) electrons. The minimum atomic E-state index is 0.209. The molecular weight excluding hydrogens is 266 g/mol. The Kier molecular flexibility index (Phi) is 3.47. The lowest BCUT2D eigenvalue weighted by Crippen LogP contribution is -2.81. The molecule has 1 spiro atoms. The summed E-state index contributed by atoms with van der Waals surface area (Å²) in [5, 5.41) is 0. The van der Waals surface area contributed by atoms with Crippen LogP contribution in [-0.2, 0) is 9.53 Å². The molecule has 1 saturated carbocycles. The van der Waals surface area contributed by atoms with Crippen molar-refractivity contribution in [3.8, 4) is 0 Å². The van der Waals surface area contributed by atoms with E-state index in [1.54, 1.807) is 6.92 Å². The molecule has 1 aliphatic carbocycles. The third-order valence-corrected chi connectivity index (χ3v) is 6.03. The number of rotatable bonds is 1. The Hall–Kier alpha value is -0.650. The third-order valence-electron chi connectivity index (χ3n) is 6.03. The zero-order valence-corrected chi connectivity index (χ0v) is 13.1. The van der Waals surface area contributed by atoms with Crippen LogP contribution in [0.25, 0.3) is 0 Å². The van der Waals surface area contributed by atoms with Crippen molar-refractivity contribution >= 4 is 5.91 Å². The minimum absolute atomic E-state index is 0.209. The van der Waals surface area contributed by atoms with Crippen LogP contribution in [0.15, 0.2) is 0 Å². The summed E-state index contributed by atoms with van der Waals surface area (Å²) in [6, 6.07) is 1.21. The molecule has 0 N–H and O–H groups in total. The van der Waals surface area contributed by atoms with Crippen LogP contribution >= 0.6 is 0 Å². The average molecular weight is 293 g/mol. The largest absolute Gasteiger partial charge is 0.378 e. The molecule has 0 aromatic heterocycles. The highest BCUT2D eigenvalue weighted by Gasteiger charge is 2.55. The van der Waals surface area contributed by atoms with Crippen molar-refractivity contribution in [2.24, 2.45) is 0 Å². The molecule has 1 amide bonds. The molecule has 4 rings (SSSR count). The first-order chi connectivity index (χ1) is 10.2. The molecule has 5 heteroatoms. The van der Waals surface area contributed by atoms with E-state index in [9.17, 15) is 4.79 Å². The first-order valence-corrected chi connectivity index (χ1v) is 8.52. The molecule has 4 aliphatic rings. The highest BCUT2D eigenvalue weighted by atomic mass is 16.5. The number of ether oxygens (including phenoxy) is 1. The molecular formula is C16H27N3O2. The first-order valence-electron chi connectivity index (χ1n) is 8.52. The summed E-state index contributed by atoms with van der Waals surface area (Å²) in [6.07, 6.45) is 5.54. The van der Waals surface area contributed by atoms with Crippen LogP contribution in [0.5, 0.6) is 0 Å². The molecule has 0 aromatic carbocycles. The summed E-state index contributed by atoms with van der Waals surface area (Å²) >= 11 is 0. The van der Waals surface area contributed by atoms with Crippen molar-refractivity contribution in [2.45, 2.75) is 50.2 Å². The lowest BCUT2D eigenvalue weighted by Gasteiger charge is -2.64. The Balaban J connectivity index is 1.50. The number of hydrogen-bond acceptors (Lipinski definition) is 4. The van der Waals surface area contributed by atoms with Gasteiger partial charge in [-0.3, -0.25) is 14.6 Å². The van der Waals surface area contributed by atoms with Crippen LogP contribution in [0.1, 0.15) is 32.6 Å². The van der Waals surface area contributed by atoms with Crippen molar-refractivity contribution in [2.75, 3.05) is 45.9 Å². The van der Waals surface area contributed by atoms with Crippen molar-refractivity contribution in [1.29, 1.82) is 0 Å². The minimum Gasteiger partial charge on any atom is -0.378 e. The number of carbonyl (C=O) groups is 1. The van der Waals surface area contributed by atoms with Crippen LogP contribution in [0.2, 0.25) is 0 Å². The lowest BCUT2D eigenvalue weighted by atomic mass is 9.81. The Labute approximate surface area is 127 Å². The van der Waals surface area contributed by atoms with Gasteiger partial charge in [-0.05, 0) is 12.8 Å². The van der Waals surface area contributed by atoms with E-state index < -0.39 is 0 Å². The second kappa shape index (κ2) is 5.21. The van der Waals surface area contributed by atoms with Crippen LogP contribution in [-0.4, -0.2) is 84.2 Å². The smallest absolute Gasteiger partial charge is 0.219 e. The molecule has 4 fully saturated rings. The highest BCUT2D eigenvalue weighted by Crippen LogP contribution is 2.39. The van der Waals surface area contributed by atoms with Crippen molar-refractivity contribution in [3.63, 3.8) is 0 Å². The number of piperazine rings is 1. The molecule has 3 saturated heterocycles. The van der Waals surface area contributed by atoms with Gasteiger partial charge in [-0.1, -0.05) is 12.8 Å². The van der Waals surface area contributed by atoms with Gasteiger partial charge in [0.25, 0.3) is 0 Å². The summed E-state index contributed by atoms with van der Waals surface area (Å²) < 4.78 is 5.66. The first kappa shape index (κ1) is 14.0. The highest BCUT2D eigenvalue weighted by molar-refractivity contribution is 5.73. The Morgan fingerprint density at radius 1 is 1.14 bits per heavy atom. The van der Waals surface area contributed by atoms with Gasteiger partial charge in [0.05, 0.1) is 24.8 Å². The maximum Gasteiger partial charge on any atom is 0.219 e. The van der Waals surface area contributed by atoms with Crippen LogP contribution < -0.4 is 0 Å². The summed E-state index contributed by atoms with van der Waals surface area (Å²) in [7, 11) is 0. The monoisotopic (exact) mass is 293 g/mol. The molecule has 1 atom stereocenters. The predicted octanol–water partition coefficient (Wildman–Crippen LogP) is 0.546. The van der Waals surface area contributed by atoms with Crippen molar-refractivity contribution < 1.29 is 9.53 Å². The molecule has 0 bridgehead atoms. The van der Waals surface area contributed by atoms with Gasteiger partial charge in [0, 0.05) is 45.7 Å². The maximum atomic E-state index is 11.9. The van der Waals surface area contributed by atoms with Crippen molar-refractivity contribution in [3.05, 3.63) is 0 Å². The van der Waals surface area contributed by atoms with E-state index in [4.69, 9.17) is 4.74 Å². The van der Waals surface area contributed by atoms with E-state index in [1.165, 1.54) is 25.7 Å². The maximum absolute atomic E-state index is 11.9. The Morgan fingerprint density at radius 2 is 1.90 bits per heavy atom. The van der Waals surface area contributed by atoms with Crippen LogP contribution in [0.4, 0.5) is 0 Å². The predicted molar refractivity (Wildman–Crippen MR) is 80.1 cm³/mol. The van der Waals surface area contributed by atoms with Gasteiger partial charge in [-0.15, -0.1) is 0 Å². The van der Waals surface area contributed by atoms with Gasteiger partial charge >= 0.3 is 0 Å². The second-order valence-electron chi connectivity index (χ2n) is 7.39. The van der Waals surface area contributed by atoms with Gasteiger partial charge in [0.1, 0.15) is 0 Å². The topological polar surface area (TPSA) is 36.0 Å². The van der Waals surface area contributed by atoms with Crippen LogP contribution in [0, 0.1) is 0 Å². The molecule has 5 nitrogen and oxygen atoms in total. The number of morpholine rings is 1. The van der Waals surface area contributed by atoms with E-state index in [0.29, 0.717) is 6.04 Å². The van der Waals surface area contributed by atoms with Gasteiger partial charge in [0.2, 0.25) is 5.91 Å². The van der Waals surface area contributed by atoms with Gasteiger partial charge < -0.3 is 9.64 Å². The SMILES string of the molecule is CC(=O)N1C[C@@H]2COCCN2C2(C1)CN(C1CCCC1)C2. The number of nitrogens with zero attached hydrogens (tertiary/aromatic N) is 3. The van der Waals surface area contributed by atoms with E-state index in [1.807, 2.05) is 0 Å². The Bertz CT molecular complexity index is 416. The summed E-state index contributed by atoms with van der Waals surface area (Å²) in [5.74, 6) is 0.221. The second-order valence-corrected chi connectivity index (χ2v) is 7.39. The fourth-order valence-electron chi connectivity index (χ4n) is 4.95. The zero-order chi connectivity index (χ0) is 14.4. The fourth-order valence-corrected chi connectivity index (χ4v) is 4.95. The molecule has 3 aliphatic heterocycles. The normalized spacial score (nSPS) is 34.0. The fraction of sp³-hybridized carbons (Fsp3) is 0.938. The van der Waals surface area contributed by atoms with Gasteiger partial charge in [-0.25, -0.2) is 0 Å². The zero-order valence-electron chi connectivity index (χ0n) is 13.1. The van der Waals surface area contributed by atoms with Gasteiger partial charge in [-0.2, -0.15) is 0 Å². The van der Waals surface area contributed by atoms with E-state index >= 15 is 0 Å². The number of hydrogen-bond donors (Lipinski definition) is 0. The lowest BCUT2D eigenvalue weighted by molar-refractivity contribution is -0.178.